The molecule has 5 heteroatoms. The Balaban J connectivity index is 1.84. The molecule has 1 heterocycles. The normalized spacial score (nSPS) is 15.4. The molecule has 0 aromatic heterocycles. The Morgan fingerprint density at radius 1 is 0.742 bits per heavy atom. The zero-order valence-electron chi connectivity index (χ0n) is 17.9. The van der Waals surface area contributed by atoms with E-state index in [9.17, 15) is 9.59 Å². The molecule has 1 aliphatic heterocycles. The summed E-state index contributed by atoms with van der Waals surface area (Å²) in [5.41, 5.74) is 1.83. The van der Waals surface area contributed by atoms with Gasteiger partial charge in [-0.05, 0) is 49.7 Å². The number of amides is 2. The first-order valence-corrected chi connectivity index (χ1v) is 10.7. The molecule has 2 amide bonds. The highest BCUT2D eigenvalue weighted by Gasteiger charge is 2.59. The van der Waals surface area contributed by atoms with E-state index in [1.54, 1.807) is 0 Å². The number of hydrazine groups is 1. The summed E-state index contributed by atoms with van der Waals surface area (Å²) in [5, 5.41) is 6.35. The second kappa shape index (κ2) is 8.64. The fraction of sp³-hybridized carbons (Fsp3) is 0.231. The SMILES string of the molecule is CCCCC1(Nc2ccc(C)cc2)C(=O)N(c2ccccc2)N(c2ccccc2)C1=O. The van der Waals surface area contributed by atoms with E-state index in [-0.39, 0.29) is 11.8 Å². The van der Waals surface area contributed by atoms with Crippen LogP contribution in [0, 0.1) is 6.92 Å². The lowest BCUT2D eigenvalue weighted by molar-refractivity contribution is -0.128. The van der Waals surface area contributed by atoms with E-state index in [1.165, 1.54) is 10.0 Å². The van der Waals surface area contributed by atoms with Gasteiger partial charge in [0.1, 0.15) is 0 Å². The number of aryl methyl sites for hydroxylation is 1. The van der Waals surface area contributed by atoms with Gasteiger partial charge in [0.15, 0.2) is 0 Å². The largest absolute Gasteiger partial charge is 0.363 e. The number of carbonyl (C=O) groups excluding carboxylic acids is 2. The fourth-order valence-corrected chi connectivity index (χ4v) is 3.95. The Morgan fingerprint density at radius 2 is 1.23 bits per heavy atom. The fourth-order valence-electron chi connectivity index (χ4n) is 3.95. The molecular formula is C26H27N3O2. The van der Waals surface area contributed by atoms with Crippen molar-refractivity contribution in [1.29, 1.82) is 0 Å². The predicted octanol–water partition coefficient (Wildman–Crippen LogP) is 5.33. The van der Waals surface area contributed by atoms with Crippen LogP contribution in [0.1, 0.15) is 31.7 Å². The highest BCUT2D eigenvalue weighted by Crippen LogP contribution is 2.38. The highest BCUT2D eigenvalue weighted by molar-refractivity contribution is 6.31. The molecule has 0 aliphatic carbocycles. The summed E-state index contributed by atoms with van der Waals surface area (Å²) >= 11 is 0. The standard InChI is InChI=1S/C26H27N3O2/c1-3-4-19-26(27-21-17-15-20(2)16-18-21)24(30)28(22-11-7-5-8-12-22)29(25(26)31)23-13-9-6-10-14-23/h5-18,27H,3-4,19H2,1-2H3. The summed E-state index contributed by atoms with van der Waals surface area (Å²) in [4.78, 5) is 28.0. The van der Waals surface area contributed by atoms with Crippen molar-refractivity contribution >= 4 is 28.9 Å². The number of hydrogen-bond acceptors (Lipinski definition) is 3. The van der Waals surface area contributed by atoms with Crippen LogP contribution in [0.2, 0.25) is 0 Å². The molecule has 158 valence electrons. The lowest BCUT2D eigenvalue weighted by Gasteiger charge is -2.27. The van der Waals surface area contributed by atoms with Crippen LogP contribution in [0.25, 0.3) is 0 Å². The molecule has 1 aliphatic rings. The molecule has 0 saturated carbocycles. The van der Waals surface area contributed by atoms with Crippen LogP contribution in [0.15, 0.2) is 84.9 Å². The molecule has 0 radical (unpaired) electrons. The van der Waals surface area contributed by atoms with Crippen molar-refractivity contribution in [3.63, 3.8) is 0 Å². The van der Waals surface area contributed by atoms with Crippen LogP contribution in [0.3, 0.4) is 0 Å². The summed E-state index contributed by atoms with van der Waals surface area (Å²) in [6.07, 6.45) is 2.05. The highest BCUT2D eigenvalue weighted by atomic mass is 16.2. The van der Waals surface area contributed by atoms with Gasteiger partial charge < -0.3 is 5.32 Å². The number of carbonyl (C=O) groups is 2. The lowest BCUT2D eigenvalue weighted by atomic mass is 9.90. The number of para-hydroxylation sites is 2. The predicted molar refractivity (Wildman–Crippen MR) is 125 cm³/mol. The summed E-state index contributed by atoms with van der Waals surface area (Å²) in [7, 11) is 0. The molecule has 1 fully saturated rings. The molecule has 0 unspecified atom stereocenters. The third kappa shape index (κ3) is 3.79. The monoisotopic (exact) mass is 413 g/mol. The molecule has 31 heavy (non-hydrogen) atoms. The Bertz CT molecular complexity index is 992. The first-order chi connectivity index (χ1) is 15.1. The maximum atomic E-state index is 14.0. The van der Waals surface area contributed by atoms with E-state index in [4.69, 9.17) is 0 Å². The van der Waals surface area contributed by atoms with Crippen LogP contribution in [0.4, 0.5) is 17.1 Å². The topological polar surface area (TPSA) is 52.7 Å². The number of anilines is 3. The van der Waals surface area contributed by atoms with Crippen LogP contribution < -0.4 is 15.3 Å². The van der Waals surface area contributed by atoms with Crippen molar-refractivity contribution in [1.82, 2.24) is 0 Å². The quantitative estimate of drug-likeness (QED) is 0.533. The number of hydrogen-bond donors (Lipinski definition) is 1. The maximum absolute atomic E-state index is 14.0. The van der Waals surface area contributed by atoms with E-state index in [0.717, 1.165) is 24.1 Å². The van der Waals surface area contributed by atoms with Crippen molar-refractivity contribution in [2.45, 2.75) is 38.6 Å². The van der Waals surface area contributed by atoms with Crippen LogP contribution in [-0.4, -0.2) is 17.4 Å². The van der Waals surface area contributed by atoms with Crippen LogP contribution >= 0.6 is 0 Å². The molecular weight excluding hydrogens is 386 g/mol. The minimum absolute atomic E-state index is 0.262. The second-order valence-electron chi connectivity index (χ2n) is 7.90. The molecule has 0 bridgehead atoms. The van der Waals surface area contributed by atoms with Gasteiger partial charge in [0.05, 0.1) is 11.4 Å². The number of unbranched alkanes of at least 4 members (excludes halogenated alkanes) is 1. The maximum Gasteiger partial charge on any atom is 0.281 e. The van der Waals surface area contributed by atoms with Crippen molar-refractivity contribution in [2.75, 3.05) is 15.3 Å². The molecule has 1 N–H and O–H groups in total. The molecule has 0 spiro atoms. The van der Waals surface area contributed by atoms with Gasteiger partial charge in [0.2, 0.25) is 5.54 Å². The van der Waals surface area contributed by atoms with Gasteiger partial charge >= 0.3 is 0 Å². The summed E-state index contributed by atoms with van der Waals surface area (Å²) in [6.45, 7) is 4.07. The van der Waals surface area contributed by atoms with Gasteiger partial charge in [-0.25, -0.2) is 10.0 Å². The smallest absolute Gasteiger partial charge is 0.281 e. The Kier molecular flexibility index (Phi) is 5.76. The summed E-state index contributed by atoms with van der Waals surface area (Å²) in [5.74, 6) is -0.525. The van der Waals surface area contributed by atoms with E-state index < -0.39 is 5.54 Å². The lowest BCUT2D eigenvalue weighted by Crippen LogP contribution is -2.51. The minimum Gasteiger partial charge on any atom is -0.363 e. The second-order valence-corrected chi connectivity index (χ2v) is 7.90. The summed E-state index contributed by atoms with van der Waals surface area (Å²) < 4.78 is 0. The first kappa shape index (κ1) is 20.7. The number of benzene rings is 3. The van der Waals surface area contributed by atoms with E-state index >= 15 is 0 Å². The van der Waals surface area contributed by atoms with E-state index in [2.05, 4.69) is 12.2 Å². The Hall–Kier alpha value is -3.60. The summed E-state index contributed by atoms with van der Waals surface area (Å²) in [6, 6.07) is 26.5. The van der Waals surface area contributed by atoms with Gasteiger partial charge in [-0.2, -0.15) is 0 Å². The van der Waals surface area contributed by atoms with Gasteiger partial charge in [-0.3, -0.25) is 9.59 Å². The van der Waals surface area contributed by atoms with Crippen molar-refractivity contribution in [2.24, 2.45) is 0 Å². The molecule has 0 atom stereocenters. The molecule has 1 saturated heterocycles. The van der Waals surface area contributed by atoms with Crippen LogP contribution in [0.5, 0.6) is 0 Å². The zero-order chi connectivity index (χ0) is 21.8. The van der Waals surface area contributed by atoms with Gasteiger partial charge in [0, 0.05) is 5.69 Å². The van der Waals surface area contributed by atoms with Crippen molar-refractivity contribution < 1.29 is 9.59 Å². The third-order valence-electron chi connectivity index (χ3n) is 5.63. The first-order valence-electron chi connectivity index (χ1n) is 10.7. The molecule has 3 aromatic rings. The number of nitrogens with one attached hydrogen (secondary N) is 1. The van der Waals surface area contributed by atoms with Crippen molar-refractivity contribution in [3.8, 4) is 0 Å². The molecule has 4 rings (SSSR count). The van der Waals surface area contributed by atoms with E-state index in [0.29, 0.717) is 17.8 Å². The minimum atomic E-state index is -1.36. The number of nitrogens with zero attached hydrogens (tertiary/aromatic N) is 2. The van der Waals surface area contributed by atoms with Gasteiger partial charge in [0.25, 0.3) is 11.8 Å². The number of rotatable bonds is 7. The van der Waals surface area contributed by atoms with E-state index in [1.807, 2.05) is 91.9 Å². The van der Waals surface area contributed by atoms with Crippen molar-refractivity contribution in [3.05, 3.63) is 90.5 Å². The Morgan fingerprint density at radius 3 is 1.68 bits per heavy atom. The molecule has 5 nitrogen and oxygen atoms in total. The Labute approximate surface area is 183 Å². The average molecular weight is 414 g/mol. The average Bonchev–Trinajstić information content (AvgIpc) is 3.02. The van der Waals surface area contributed by atoms with Gasteiger partial charge in [-0.15, -0.1) is 0 Å². The van der Waals surface area contributed by atoms with Gasteiger partial charge in [-0.1, -0.05) is 73.9 Å². The third-order valence-corrected chi connectivity index (χ3v) is 5.63. The van der Waals surface area contributed by atoms with Crippen LogP contribution in [-0.2, 0) is 9.59 Å². The zero-order valence-corrected chi connectivity index (χ0v) is 17.9. The molecule has 3 aromatic carbocycles.